The fourth-order valence-corrected chi connectivity index (χ4v) is 3.07. The summed E-state index contributed by atoms with van der Waals surface area (Å²) in [6, 6.07) is 3.09. The van der Waals surface area contributed by atoms with Crippen LogP contribution in [0.25, 0.3) is 0 Å². The maximum absolute atomic E-state index is 8.97. The van der Waals surface area contributed by atoms with Crippen molar-refractivity contribution in [2.75, 3.05) is 13.1 Å². The quantitative estimate of drug-likeness (QED) is 0.609. The molecule has 3 aliphatic rings. The molecule has 2 atom stereocenters. The molecule has 2 unspecified atom stereocenters. The zero-order chi connectivity index (χ0) is 8.89. The molecule has 0 aromatic heterocycles. The van der Waals surface area contributed by atoms with Crippen molar-refractivity contribution < 1.29 is 0 Å². The summed E-state index contributed by atoms with van der Waals surface area (Å²) >= 11 is 0. The van der Waals surface area contributed by atoms with Gasteiger partial charge in [-0.05, 0) is 31.1 Å². The zero-order valence-corrected chi connectivity index (χ0v) is 8.00. The predicted molar refractivity (Wildman–Crippen MR) is 50.0 cm³/mol. The van der Waals surface area contributed by atoms with Crippen molar-refractivity contribution in [2.24, 2.45) is 11.3 Å². The molecule has 1 aliphatic heterocycles. The van der Waals surface area contributed by atoms with Crippen molar-refractivity contribution >= 4 is 0 Å². The Labute approximate surface area is 79.5 Å². The molecule has 2 aliphatic carbocycles. The Balaban J connectivity index is 1.63. The highest BCUT2D eigenvalue weighted by Gasteiger charge is 2.54. The van der Waals surface area contributed by atoms with Crippen LogP contribution in [0.5, 0.6) is 0 Å². The number of hydrogen-bond donors (Lipinski definition) is 0. The van der Waals surface area contributed by atoms with Gasteiger partial charge < -0.3 is 0 Å². The second-order valence-corrected chi connectivity index (χ2v) is 5.14. The van der Waals surface area contributed by atoms with Crippen molar-refractivity contribution in [3.63, 3.8) is 0 Å². The second kappa shape index (κ2) is 2.48. The highest BCUT2D eigenvalue weighted by Crippen LogP contribution is 2.54. The molecule has 70 valence electrons. The van der Waals surface area contributed by atoms with Gasteiger partial charge in [-0.3, -0.25) is 4.90 Å². The first-order chi connectivity index (χ1) is 6.33. The van der Waals surface area contributed by atoms with Gasteiger partial charge in [0.15, 0.2) is 0 Å². The van der Waals surface area contributed by atoms with Crippen LogP contribution in [0.15, 0.2) is 0 Å². The molecule has 0 aromatic carbocycles. The van der Waals surface area contributed by atoms with Crippen LogP contribution in [-0.2, 0) is 0 Å². The second-order valence-electron chi connectivity index (χ2n) is 5.14. The molecule has 3 fully saturated rings. The maximum atomic E-state index is 8.97. The average Bonchev–Trinajstić information content (AvgIpc) is 2.75. The smallest absolute Gasteiger partial charge is 0.0672 e. The maximum Gasteiger partial charge on any atom is 0.0672 e. The highest BCUT2D eigenvalue weighted by molar-refractivity contribution is 5.10. The predicted octanol–water partition coefficient (Wildman–Crippen LogP) is 1.77. The third-order valence-electron chi connectivity index (χ3n) is 4.15. The summed E-state index contributed by atoms with van der Waals surface area (Å²) in [5.41, 5.74) is 0.753. The van der Waals surface area contributed by atoms with Crippen LogP contribution < -0.4 is 0 Å². The molecule has 0 aromatic rings. The first kappa shape index (κ1) is 7.82. The van der Waals surface area contributed by atoms with Crippen LogP contribution in [0.1, 0.15) is 32.1 Å². The zero-order valence-electron chi connectivity index (χ0n) is 8.00. The van der Waals surface area contributed by atoms with E-state index in [9.17, 15) is 0 Å². The van der Waals surface area contributed by atoms with Crippen LogP contribution in [-0.4, -0.2) is 24.0 Å². The summed E-state index contributed by atoms with van der Waals surface area (Å²) in [7, 11) is 0. The molecular weight excluding hydrogens is 160 g/mol. The average molecular weight is 176 g/mol. The van der Waals surface area contributed by atoms with Crippen LogP contribution in [0.3, 0.4) is 0 Å². The Hall–Kier alpha value is -0.550. The van der Waals surface area contributed by atoms with E-state index in [-0.39, 0.29) is 0 Å². The summed E-state index contributed by atoms with van der Waals surface area (Å²) in [6.45, 7) is 2.60. The molecular formula is C11H16N2. The summed E-state index contributed by atoms with van der Waals surface area (Å²) in [4.78, 5) is 2.56. The molecule has 2 saturated carbocycles. The number of hydrogen-bond acceptors (Lipinski definition) is 2. The third-order valence-corrected chi connectivity index (χ3v) is 4.15. The van der Waals surface area contributed by atoms with Gasteiger partial charge in [0.05, 0.1) is 12.0 Å². The van der Waals surface area contributed by atoms with Crippen molar-refractivity contribution in [1.82, 2.24) is 4.90 Å². The number of nitriles is 1. The molecule has 2 nitrogen and oxygen atoms in total. The topological polar surface area (TPSA) is 27.0 Å². The van der Waals surface area contributed by atoms with Crippen LogP contribution in [0.2, 0.25) is 0 Å². The monoisotopic (exact) mass is 176 g/mol. The minimum Gasteiger partial charge on any atom is -0.298 e. The molecule has 0 amide bonds. The lowest BCUT2D eigenvalue weighted by atomic mass is 9.91. The first-order valence-corrected chi connectivity index (χ1v) is 5.47. The van der Waals surface area contributed by atoms with Crippen LogP contribution >= 0.6 is 0 Å². The number of rotatable bonds is 1. The van der Waals surface area contributed by atoms with Crippen molar-refractivity contribution in [2.45, 2.75) is 38.1 Å². The number of likely N-dealkylation sites (tertiary alicyclic amines) is 1. The summed E-state index contributed by atoms with van der Waals surface area (Å²) in [5, 5.41) is 8.97. The van der Waals surface area contributed by atoms with E-state index < -0.39 is 0 Å². The largest absolute Gasteiger partial charge is 0.298 e. The van der Waals surface area contributed by atoms with E-state index >= 15 is 0 Å². The van der Waals surface area contributed by atoms with Gasteiger partial charge in [0.25, 0.3) is 0 Å². The molecule has 3 rings (SSSR count). The SMILES string of the molecule is N#CC1CCCC1N1CC2(CC2)C1. The van der Waals surface area contributed by atoms with E-state index in [1.165, 1.54) is 38.8 Å². The molecule has 13 heavy (non-hydrogen) atoms. The van der Waals surface area contributed by atoms with E-state index in [0.29, 0.717) is 12.0 Å². The van der Waals surface area contributed by atoms with Crippen molar-refractivity contribution in [3.8, 4) is 6.07 Å². The summed E-state index contributed by atoms with van der Waals surface area (Å²) in [5.74, 6) is 0.344. The van der Waals surface area contributed by atoms with Crippen molar-refractivity contribution in [3.05, 3.63) is 0 Å². The van der Waals surface area contributed by atoms with E-state index in [4.69, 9.17) is 5.26 Å². The Morgan fingerprint density at radius 1 is 1.23 bits per heavy atom. The molecule has 0 radical (unpaired) electrons. The Morgan fingerprint density at radius 3 is 2.62 bits per heavy atom. The fraction of sp³-hybridized carbons (Fsp3) is 0.909. The van der Waals surface area contributed by atoms with Gasteiger partial charge in [-0.1, -0.05) is 6.42 Å². The Bertz CT molecular complexity index is 254. The minimum absolute atomic E-state index is 0.344. The van der Waals surface area contributed by atoms with E-state index in [2.05, 4.69) is 11.0 Å². The Morgan fingerprint density at radius 2 is 2.00 bits per heavy atom. The highest BCUT2D eigenvalue weighted by atomic mass is 15.3. The van der Waals surface area contributed by atoms with Crippen LogP contribution in [0, 0.1) is 22.7 Å². The molecule has 1 heterocycles. The van der Waals surface area contributed by atoms with Gasteiger partial charge in [-0.2, -0.15) is 5.26 Å². The van der Waals surface area contributed by atoms with Crippen LogP contribution in [0.4, 0.5) is 0 Å². The Kier molecular flexibility index (Phi) is 1.49. The summed E-state index contributed by atoms with van der Waals surface area (Å²) in [6.07, 6.45) is 6.59. The molecule has 1 saturated heterocycles. The minimum atomic E-state index is 0.344. The number of nitrogens with zero attached hydrogens (tertiary/aromatic N) is 2. The van der Waals surface area contributed by atoms with Gasteiger partial charge in [-0.15, -0.1) is 0 Å². The van der Waals surface area contributed by atoms with E-state index in [1.54, 1.807) is 0 Å². The molecule has 1 spiro atoms. The lowest BCUT2D eigenvalue weighted by Gasteiger charge is -2.45. The first-order valence-electron chi connectivity index (χ1n) is 5.47. The lowest BCUT2D eigenvalue weighted by Crippen LogP contribution is -2.54. The van der Waals surface area contributed by atoms with Crippen molar-refractivity contribution in [1.29, 1.82) is 5.26 Å². The third kappa shape index (κ3) is 1.10. The van der Waals surface area contributed by atoms with E-state index in [0.717, 1.165) is 11.8 Å². The normalized spacial score (nSPS) is 41.5. The van der Waals surface area contributed by atoms with Gasteiger partial charge in [0, 0.05) is 19.1 Å². The standard InChI is InChI=1S/C11H16N2/c12-6-9-2-1-3-10(9)13-7-11(8-13)4-5-11/h9-10H,1-5,7-8H2. The van der Waals surface area contributed by atoms with Gasteiger partial charge >= 0.3 is 0 Å². The van der Waals surface area contributed by atoms with Gasteiger partial charge in [0.1, 0.15) is 0 Å². The lowest BCUT2D eigenvalue weighted by molar-refractivity contribution is 0.0285. The fourth-order valence-electron chi connectivity index (χ4n) is 3.07. The molecule has 0 bridgehead atoms. The van der Waals surface area contributed by atoms with Gasteiger partial charge in [0.2, 0.25) is 0 Å². The van der Waals surface area contributed by atoms with E-state index in [1.807, 2.05) is 0 Å². The molecule has 0 N–H and O–H groups in total. The molecule has 2 heteroatoms. The summed E-state index contributed by atoms with van der Waals surface area (Å²) < 4.78 is 0. The van der Waals surface area contributed by atoms with Gasteiger partial charge in [-0.25, -0.2) is 0 Å².